The van der Waals surface area contributed by atoms with Crippen LogP contribution in [0.1, 0.15) is 124 Å². The number of nitrogens with zero attached hydrogens (tertiary/aromatic N) is 1. The summed E-state index contributed by atoms with van der Waals surface area (Å²) in [6.07, 6.45) is 22.5. The Morgan fingerprint density at radius 2 is 1.34 bits per heavy atom. The lowest BCUT2D eigenvalue weighted by Crippen LogP contribution is -2.10. The van der Waals surface area contributed by atoms with Gasteiger partial charge in [-0.1, -0.05) is 116 Å². The largest absolute Gasteiger partial charge is 0.513 e. The molecule has 0 saturated carbocycles. The molecule has 256 valence electrons. The number of hydrogen-bond acceptors (Lipinski definition) is 5. The lowest BCUT2D eigenvalue weighted by molar-refractivity contribution is 0.105. The Labute approximate surface area is 283 Å². The van der Waals surface area contributed by atoms with Gasteiger partial charge in [-0.2, -0.15) is 0 Å². The molecular formula is C41H58N2O4. The van der Waals surface area contributed by atoms with E-state index < -0.39 is 6.16 Å². The minimum absolute atomic E-state index is 0. The predicted molar refractivity (Wildman–Crippen MR) is 202 cm³/mol. The van der Waals surface area contributed by atoms with E-state index in [-0.39, 0.29) is 26.9 Å². The van der Waals surface area contributed by atoms with Crippen LogP contribution in [0.25, 0.3) is 34.0 Å². The third-order valence-electron chi connectivity index (χ3n) is 7.45. The van der Waals surface area contributed by atoms with E-state index in [1.807, 2.05) is 60.7 Å². The molecule has 6 nitrogen and oxygen atoms in total. The van der Waals surface area contributed by atoms with Gasteiger partial charge in [-0.15, -0.1) is 0 Å². The smallest absolute Gasteiger partial charge is 0.434 e. The number of fused-ring (bicyclic) bond motifs is 2. The second kappa shape index (κ2) is 24.0. The second-order valence-corrected chi connectivity index (χ2v) is 11.2. The molecule has 4 rings (SSSR count). The van der Waals surface area contributed by atoms with Gasteiger partial charge in [0.25, 0.3) is 0 Å². The monoisotopic (exact) mass is 642 g/mol. The molecule has 0 aliphatic heterocycles. The summed E-state index contributed by atoms with van der Waals surface area (Å²) in [6, 6.07) is 18.7. The van der Waals surface area contributed by atoms with E-state index in [4.69, 9.17) is 9.47 Å². The first-order chi connectivity index (χ1) is 22.0. The number of para-hydroxylation sites is 2. The maximum Gasteiger partial charge on any atom is 0.513 e. The Bertz CT molecular complexity index is 1570. The quantitative estimate of drug-likeness (QED) is 0.0971. The van der Waals surface area contributed by atoms with Crippen LogP contribution in [0.3, 0.4) is 0 Å². The van der Waals surface area contributed by atoms with Gasteiger partial charge in [0, 0.05) is 34.1 Å². The summed E-state index contributed by atoms with van der Waals surface area (Å²) in [7, 11) is 0. The number of pyridine rings is 2. The minimum atomic E-state index is -0.690. The predicted octanol–water partition coefficient (Wildman–Crippen LogP) is 12.3. The average Bonchev–Trinajstić information content (AvgIpc) is 3.04. The molecule has 1 N–H and O–H groups in total. The molecule has 0 fully saturated rings. The molecule has 0 aliphatic carbocycles. The van der Waals surface area contributed by atoms with Gasteiger partial charge in [-0.05, 0) is 69.0 Å². The van der Waals surface area contributed by atoms with Crippen LogP contribution in [0.5, 0.6) is 5.75 Å². The number of allylic oxidation sites excluding steroid dienone is 2. The highest BCUT2D eigenvalue weighted by atomic mass is 16.7. The molecule has 2 aromatic heterocycles. The minimum Gasteiger partial charge on any atom is -0.434 e. The van der Waals surface area contributed by atoms with Crippen molar-refractivity contribution in [2.45, 2.75) is 113 Å². The van der Waals surface area contributed by atoms with Crippen molar-refractivity contribution in [3.8, 4) is 5.75 Å². The van der Waals surface area contributed by atoms with E-state index in [0.29, 0.717) is 5.75 Å². The fraction of sp³-hybridized carbons (Fsp3) is 0.439. The molecule has 6 heteroatoms. The lowest BCUT2D eigenvalue weighted by Gasteiger charge is -2.08. The summed E-state index contributed by atoms with van der Waals surface area (Å²) in [4.78, 5) is 31.5. The van der Waals surface area contributed by atoms with Crippen molar-refractivity contribution in [1.82, 2.24) is 9.97 Å². The number of nitrogens with one attached hydrogen (secondary N) is 1. The van der Waals surface area contributed by atoms with Crippen molar-refractivity contribution in [1.29, 1.82) is 0 Å². The second-order valence-electron chi connectivity index (χ2n) is 11.2. The lowest BCUT2D eigenvalue weighted by atomic mass is 10.1. The number of ether oxygens (including phenoxy) is 2. The number of carbonyl (C=O) groups excluding carboxylic acids is 1. The molecule has 0 aliphatic rings. The molecule has 47 heavy (non-hydrogen) atoms. The normalized spacial score (nSPS) is 10.8. The Balaban J connectivity index is 0.000000461. The third-order valence-corrected chi connectivity index (χ3v) is 7.45. The number of aromatic nitrogens is 2. The third kappa shape index (κ3) is 14.8. The van der Waals surface area contributed by atoms with E-state index in [1.54, 1.807) is 19.1 Å². The molecule has 0 unspecified atom stereocenters. The van der Waals surface area contributed by atoms with E-state index in [1.165, 1.54) is 64.2 Å². The maximum atomic E-state index is 12.0. The van der Waals surface area contributed by atoms with Gasteiger partial charge < -0.3 is 14.5 Å². The van der Waals surface area contributed by atoms with Gasteiger partial charge in [-0.3, -0.25) is 4.79 Å². The number of carbonyl (C=O) groups is 1. The Kier molecular flexibility index (Phi) is 20.9. The van der Waals surface area contributed by atoms with Crippen molar-refractivity contribution < 1.29 is 14.3 Å². The van der Waals surface area contributed by atoms with Gasteiger partial charge in [0.05, 0.1) is 17.8 Å². The zero-order valence-electron chi connectivity index (χ0n) is 27.4. The zero-order chi connectivity index (χ0) is 32.1. The Morgan fingerprint density at radius 3 is 2.00 bits per heavy atom. The van der Waals surface area contributed by atoms with E-state index in [2.05, 4.69) is 36.0 Å². The highest BCUT2D eigenvalue weighted by Gasteiger charge is 2.11. The molecule has 0 bridgehead atoms. The molecule has 4 aromatic rings. The highest BCUT2D eigenvalue weighted by Crippen LogP contribution is 2.26. The SMILES string of the molecule is C.C.CCCCCCC/C=C/c1cc(=O)c2ccccc2[nH]1.CCCCCCC/C=C/c1cc(OC(=O)OCC)c2ccccc2n1. The van der Waals surface area contributed by atoms with Crippen LogP contribution in [-0.4, -0.2) is 22.7 Å². The summed E-state index contributed by atoms with van der Waals surface area (Å²) in [6.45, 7) is 6.49. The van der Waals surface area contributed by atoms with Crippen molar-refractivity contribution in [3.63, 3.8) is 0 Å². The van der Waals surface area contributed by atoms with Gasteiger partial charge in [0.1, 0.15) is 5.75 Å². The number of rotatable bonds is 16. The molecule has 0 saturated heterocycles. The van der Waals surface area contributed by atoms with Crippen molar-refractivity contribution in [2.75, 3.05) is 6.61 Å². The van der Waals surface area contributed by atoms with Crippen LogP contribution in [0, 0.1) is 0 Å². The zero-order valence-corrected chi connectivity index (χ0v) is 27.4. The number of unbranched alkanes of at least 4 members (excludes halogenated alkanes) is 10. The van der Waals surface area contributed by atoms with Crippen LogP contribution in [0.4, 0.5) is 4.79 Å². The fourth-order valence-corrected chi connectivity index (χ4v) is 5.02. The van der Waals surface area contributed by atoms with Crippen LogP contribution in [-0.2, 0) is 4.74 Å². The summed E-state index contributed by atoms with van der Waals surface area (Å²) >= 11 is 0. The first kappa shape index (κ1) is 40.8. The van der Waals surface area contributed by atoms with Gasteiger partial charge in [-0.25, -0.2) is 9.78 Å². The molecule has 0 radical (unpaired) electrons. The van der Waals surface area contributed by atoms with E-state index in [9.17, 15) is 9.59 Å². The molecule has 2 aromatic carbocycles. The standard InChI is InChI=1S/C21H27NO3.C18H23NO.2CH4/c1-3-5-6-7-8-9-10-13-17-16-20(25-21(23)24-4-2)18-14-11-12-15-19(18)22-17;1-2-3-4-5-6-7-8-11-15-14-18(20)16-12-9-10-13-17(16)19-15;;/h10-16H,3-9H2,1-2H3;8-14H,2-7H2,1H3,(H,19,20);2*1H4/b13-10+;11-8+;;. The highest BCUT2D eigenvalue weighted by molar-refractivity contribution is 5.88. The van der Waals surface area contributed by atoms with Crippen LogP contribution in [0.15, 0.2) is 77.6 Å². The number of aromatic amines is 1. The maximum absolute atomic E-state index is 12.0. The Hall–Kier alpha value is -4.19. The van der Waals surface area contributed by atoms with Gasteiger partial charge in [0.15, 0.2) is 5.43 Å². The number of H-pyrrole nitrogens is 1. The average molecular weight is 643 g/mol. The van der Waals surface area contributed by atoms with Crippen molar-refractivity contribution in [3.05, 3.63) is 94.4 Å². The fourth-order valence-electron chi connectivity index (χ4n) is 5.02. The van der Waals surface area contributed by atoms with Gasteiger partial charge in [0.2, 0.25) is 0 Å². The van der Waals surface area contributed by atoms with Crippen LogP contribution < -0.4 is 10.2 Å². The first-order valence-electron chi connectivity index (χ1n) is 16.7. The van der Waals surface area contributed by atoms with Crippen LogP contribution in [0.2, 0.25) is 0 Å². The van der Waals surface area contributed by atoms with Crippen molar-refractivity contribution in [2.24, 2.45) is 0 Å². The van der Waals surface area contributed by atoms with Gasteiger partial charge >= 0.3 is 6.16 Å². The molecule has 0 atom stereocenters. The molecule has 0 spiro atoms. The topological polar surface area (TPSA) is 81.3 Å². The molecular weight excluding hydrogens is 584 g/mol. The van der Waals surface area contributed by atoms with Crippen molar-refractivity contribution >= 4 is 40.1 Å². The first-order valence-corrected chi connectivity index (χ1v) is 16.7. The Morgan fingerprint density at radius 1 is 0.745 bits per heavy atom. The summed E-state index contributed by atoms with van der Waals surface area (Å²) in [5, 5.41) is 1.55. The van der Waals surface area contributed by atoms with E-state index in [0.717, 1.165) is 46.0 Å². The molecule has 0 amide bonds. The molecule has 2 heterocycles. The number of benzene rings is 2. The van der Waals surface area contributed by atoms with Crippen LogP contribution >= 0.6 is 0 Å². The summed E-state index contributed by atoms with van der Waals surface area (Å²) in [5.41, 5.74) is 3.46. The van der Waals surface area contributed by atoms with E-state index >= 15 is 0 Å². The summed E-state index contributed by atoms with van der Waals surface area (Å²) in [5.74, 6) is 0.478. The summed E-state index contributed by atoms with van der Waals surface area (Å²) < 4.78 is 10.2. The number of hydrogen-bond donors (Lipinski definition) is 1.